The Bertz CT molecular complexity index is 572. The summed E-state index contributed by atoms with van der Waals surface area (Å²) in [5, 5.41) is 0.435. The molecule has 0 aromatic carbocycles. The van der Waals surface area contributed by atoms with Gasteiger partial charge in [-0.2, -0.15) is 0 Å². The molecule has 0 N–H and O–H groups in total. The number of aryl methyl sites for hydroxylation is 2. The van der Waals surface area contributed by atoms with Crippen molar-refractivity contribution in [2.75, 3.05) is 0 Å². The summed E-state index contributed by atoms with van der Waals surface area (Å²) in [6, 6.07) is 3.96. The molecular weight excluding hydrogens is 314 g/mol. The molecule has 0 aliphatic carbocycles. The van der Waals surface area contributed by atoms with Crippen molar-refractivity contribution in [1.29, 1.82) is 0 Å². The van der Waals surface area contributed by atoms with Crippen LogP contribution in [0.25, 0.3) is 11.5 Å². The molecule has 3 nitrogen and oxygen atoms in total. The quantitative estimate of drug-likeness (QED) is 0.798. The number of hydrogen-bond donors (Lipinski definition) is 0. The van der Waals surface area contributed by atoms with Crippen molar-refractivity contribution in [3.05, 3.63) is 39.2 Å². The Kier molecular flexibility index (Phi) is 4.30. The van der Waals surface area contributed by atoms with E-state index in [9.17, 15) is 0 Å². The third-order valence-corrected chi connectivity index (χ3v) is 4.03. The molecule has 2 aromatic heterocycles. The number of halogens is 2. The number of nitrogens with zero attached hydrogens (tertiary/aromatic N) is 3. The highest BCUT2D eigenvalue weighted by atomic mass is 79.9. The van der Waals surface area contributed by atoms with Crippen molar-refractivity contribution in [3.8, 4) is 11.5 Å². The molecule has 18 heavy (non-hydrogen) atoms. The average molecular weight is 327 g/mol. The van der Waals surface area contributed by atoms with Gasteiger partial charge in [-0.05, 0) is 40.4 Å². The third kappa shape index (κ3) is 2.54. The van der Waals surface area contributed by atoms with Crippen molar-refractivity contribution < 1.29 is 0 Å². The first-order chi connectivity index (χ1) is 8.67. The Labute approximate surface area is 120 Å². The number of pyridine rings is 1. The predicted octanol–water partition coefficient (Wildman–Crippen LogP) is 4.08. The zero-order chi connectivity index (χ0) is 13.1. The van der Waals surface area contributed by atoms with Crippen LogP contribution in [-0.2, 0) is 12.8 Å². The fraction of sp³-hybridized carbons (Fsp3) is 0.308. The van der Waals surface area contributed by atoms with E-state index in [4.69, 9.17) is 11.6 Å². The highest BCUT2D eigenvalue weighted by Gasteiger charge is 2.13. The van der Waals surface area contributed by atoms with Crippen LogP contribution in [0, 0.1) is 0 Å². The molecule has 0 saturated heterocycles. The van der Waals surface area contributed by atoms with Crippen LogP contribution in [0.2, 0.25) is 5.15 Å². The van der Waals surface area contributed by atoms with Crippen molar-refractivity contribution in [3.63, 3.8) is 0 Å². The van der Waals surface area contributed by atoms with Gasteiger partial charge in [0, 0.05) is 6.20 Å². The molecule has 0 atom stereocenters. The first-order valence-electron chi connectivity index (χ1n) is 5.83. The van der Waals surface area contributed by atoms with Crippen LogP contribution in [0.3, 0.4) is 0 Å². The summed E-state index contributed by atoms with van der Waals surface area (Å²) in [6.45, 7) is 4.12. The first-order valence-corrected chi connectivity index (χ1v) is 7.00. The highest BCUT2D eigenvalue weighted by molar-refractivity contribution is 9.10. The molecule has 0 aliphatic heterocycles. The number of rotatable bonds is 3. The molecule has 0 fully saturated rings. The average Bonchev–Trinajstić information content (AvgIpc) is 2.41. The van der Waals surface area contributed by atoms with Gasteiger partial charge in [0.2, 0.25) is 0 Å². The van der Waals surface area contributed by atoms with Crippen molar-refractivity contribution in [2.45, 2.75) is 26.7 Å². The van der Waals surface area contributed by atoms with Gasteiger partial charge in [-0.25, -0.2) is 9.97 Å². The van der Waals surface area contributed by atoms with E-state index in [0.717, 1.165) is 34.3 Å². The monoisotopic (exact) mass is 325 g/mol. The minimum Gasteiger partial charge on any atom is -0.253 e. The summed E-state index contributed by atoms with van der Waals surface area (Å²) in [5.41, 5.74) is 2.83. The standard InChI is InChI=1S/C13H13BrClN3/c1-3-8-6-5-7-16-11(8)13-17-9(4-2)10(14)12(15)18-13/h5-7H,3-4H2,1-2H3. The van der Waals surface area contributed by atoms with Gasteiger partial charge < -0.3 is 0 Å². The molecule has 0 spiro atoms. The van der Waals surface area contributed by atoms with E-state index in [2.05, 4.69) is 37.8 Å². The molecular formula is C13H13BrClN3. The fourth-order valence-electron chi connectivity index (χ4n) is 1.73. The summed E-state index contributed by atoms with van der Waals surface area (Å²) in [5.74, 6) is 0.595. The zero-order valence-corrected chi connectivity index (χ0v) is 12.6. The number of aromatic nitrogens is 3. The smallest absolute Gasteiger partial charge is 0.180 e. The van der Waals surface area contributed by atoms with Gasteiger partial charge in [-0.1, -0.05) is 31.5 Å². The second-order valence-electron chi connectivity index (χ2n) is 3.82. The van der Waals surface area contributed by atoms with Crippen LogP contribution < -0.4 is 0 Å². The van der Waals surface area contributed by atoms with Crippen LogP contribution in [0.4, 0.5) is 0 Å². The Morgan fingerprint density at radius 3 is 2.67 bits per heavy atom. The van der Waals surface area contributed by atoms with Crippen molar-refractivity contribution in [1.82, 2.24) is 15.0 Å². The Morgan fingerprint density at radius 1 is 1.22 bits per heavy atom. The number of hydrogen-bond acceptors (Lipinski definition) is 3. The summed E-state index contributed by atoms with van der Waals surface area (Å²) in [7, 11) is 0. The van der Waals surface area contributed by atoms with Crippen LogP contribution in [-0.4, -0.2) is 15.0 Å². The second-order valence-corrected chi connectivity index (χ2v) is 4.97. The van der Waals surface area contributed by atoms with Gasteiger partial charge in [0.05, 0.1) is 10.2 Å². The maximum Gasteiger partial charge on any atom is 0.180 e. The van der Waals surface area contributed by atoms with E-state index < -0.39 is 0 Å². The topological polar surface area (TPSA) is 38.7 Å². The lowest BCUT2D eigenvalue weighted by Gasteiger charge is -2.08. The minimum atomic E-state index is 0.435. The zero-order valence-electron chi connectivity index (χ0n) is 10.2. The molecule has 0 aliphatic rings. The first kappa shape index (κ1) is 13.4. The van der Waals surface area contributed by atoms with Gasteiger partial charge >= 0.3 is 0 Å². The van der Waals surface area contributed by atoms with E-state index in [1.807, 2.05) is 19.1 Å². The summed E-state index contributed by atoms with van der Waals surface area (Å²) < 4.78 is 0.768. The molecule has 94 valence electrons. The lowest BCUT2D eigenvalue weighted by molar-refractivity contribution is 0.975. The molecule has 0 saturated carbocycles. The summed E-state index contributed by atoms with van der Waals surface area (Å²) >= 11 is 9.52. The van der Waals surface area contributed by atoms with Crippen LogP contribution >= 0.6 is 27.5 Å². The molecule has 2 heterocycles. The van der Waals surface area contributed by atoms with E-state index in [-0.39, 0.29) is 0 Å². The molecule has 5 heteroatoms. The molecule has 0 unspecified atom stereocenters. The van der Waals surface area contributed by atoms with Gasteiger partial charge in [-0.3, -0.25) is 4.98 Å². The Balaban J connectivity index is 2.61. The normalized spacial score (nSPS) is 10.7. The van der Waals surface area contributed by atoms with Gasteiger partial charge in [-0.15, -0.1) is 0 Å². The second kappa shape index (κ2) is 5.76. The summed E-state index contributed by atoms with van der Waals surface area (Å²) in [4.78, 5) is 13.2. The maximum atomic E-state index is 6.12. The van der Waals surface area contributed by atoms with Gasteiger partial charge in [0.25, 0.3) is 0 Å². The molecule has 2 aromatic rings. The Morgan fingerprint density at radius 2 is 2.00 bits per heavy atom. The maximum absolute atomic E-state index is 6.12. The van der Waals surface area contributed by atoms with Crippen molar-refractivity contribution in [2.24, 2.45) is 0 Å². The molecule has 0 radical (unpaired) electrons. The molecule has 2 rings (SSSR count). The van der Waals surface area contributed by atoms with Gasteiger partial charge in [0.15, 0.2) is 5.82 Å². The van der Waals surface area contributed by atoms with E-state index in [0.29, 0.717) is 11.0 Å². The summed E-state index contributed by atoms with van der Waals surface area (Å²) in [6.07, 6.45) is 3.44. The van der Waals surface area contributed by atoms with Gasteiger partial charge in [0.1, 0.15) is 10.8 Å². The van der Waals surface area contributed by atoms with Crippen LogP contribution in [0.15, 0.2) is 22.8 Å². The molecule has 0 bridgehead atoms. The van der Waals surface area contributed by atoms with E-state index in [1.54, 1.807) is 6.20 Å². The predicted molar refractivity (Wildman–Crippen MR) is 76.7 cm³/mol. The SMILES string of the molecule is CCc1cccnc1-c1nc(Cl)c(Br)c(CC)n1. The van der Waals surface area contributed by atoms with E-state index in [1.165, 1.54) is 0 Å². The Hall–Kier alpha value is -1.00. The fourth-order valence-corrected chi connectivity index (χ4v) is 2.38. The lowest BCUT2D eigenvalue weighted by Crippen LogP contribution is -2.01. The largest absolute Gasteiger partial charge is 0.253 e. The minimum absolute atomic E-state index is 0.435. The van der Waals surface area contributed by atoms with Crippen LogP contribution in [0.5, 0.6) is 0 Å². The lowest BCUT2D eigenvalue weighted by atomic mass is 10.1. The van der Waals surface area contributed by atoms with Crippen LogP contribution in [0.1, 0.15) is 25.1 Å². The highest BCUT2D eigenvalue weighted by Crippen LogP contribution is 2.27. The third-order valence-electron chi connectivity index (χ3n) is 2.70. The molecule has 0 amide bonds. The van der Waals surface area contributed by atoms with Crippen molar-refractivity contribution >= 4 is 27.5 Å². The van der Waals surface area contributed by atoms with E-state index >= 15 is 0 Å².